The summed E-state index contributed by atoms with van der Waals surface area (Å²) in [6, 6.07) is 5.26. The van der Waals surface area contributed by atoms with Gasteiger partial charge in [0.1, 0.15) is 0 Å². The third-order valence-electron chi connectivity index (χ3n) is 3.97. The first-order valence-electron chi connectivity index (χ1n) is 7.92. The monoisotopic (exact) mass is 336 g/mol. The Hall–Kier alpha value is -2.28. The number of carbonyl (C=O) groups is 2. The Kier molecular flexibility index (Phi) is 6.43. The molecule has 1 heterocycles. The minimum atomic E-state index is -0.128. The summed E-state index contributed by atoms with van der Waals surface area (Å²) in [6.45, 7) is 4.15. The maximum absolute atomic E-state index is 12.3. The zero-order valence-electron chi connectivity index (χ0n) is 14.4. The lowest BCUT2D eigenvalue weighted by atomic mass is 10.2. The number of rotatable bonds is 6. The fourth-order valence-corrected chi connectivity index (χ4v) is 2.64. The first-order chi connectivity index (χ1) is 11.6. The molecular formula is C17H24N2O5. The van der Waals surface area contributed by atoms with Gasteiger partial charge in [-0.05, 0) is 12.1 Å². The third-order valence-corrected chi connectivity index (χ3v) is 3.97. The number of amides is 2. The van der Waals surface area contributed by atoms with Gasteiger partial charge < -0.3 is 24.0 Å². The lowest BCUT2D eigenvalue weighted by molar-refractivity contribution is -0.135. The molecule has 0 aromatic heterocycles. The Morgan fingerprint density at radius 2 is 1.83 bits per heavy atom. The number of benzene rings is 1. The van der Waals surface area contributed by atoms with Crippen LogP contribution in [0.5, 0.6) is 11.5 Å². The van der Waals surface area contributed by atoms with Crippen LogP contribution in [-0.2, 0) is 14.3 Å². The van der Waals surface area contributed by atoms with E-state index in [-0.39, 0.29) is 18.2 Å². The maximum atomic E-state index is 12.3. The van der Waals surface area contributed by atoms with E-state index in [0.717, 1.165) is 0 Å². The molecule has 7 nitrogen and oxygen atoms in total. The minimum Gasteiger partial charge on any atom is -0.493 e. The fourth-order valence-electron chi connectivity index (χ4n) is 2.64. The summed E-state index contributed by atoms with van der Waals surface area (Å²) >= 11 is 0. The summed E-state index contributed by atoms with van der Waals surface area (Å²) in [4.78, 5) is 27.6. The molecule has 0 bridgehead atoms. The van der Waals surface area contributed by atoms with Gasteiger partial charge in [0.05, 0.1) is 27.4 Å². The highest BCUT2D eigenvalue weighted by Gasteiger charge is 2.20. The molecule has 0 atom stereocenters. The van der Waals surface area contributed by atoms with Crippen LogP contribution in [0.4, 0.5) is 5.69 Å². The van der Waals surface area contributed by atoms with Crippen LogP contribution in [0.2, 0.25) is 0 Å². The van der Waals surface area contributed by atoms with Crippen molar-refractivity contribution in [1.29, 1.82) is 0 Å². The van der Waals surface area contributed by atoms with Crippen LogP contribution in [0.1, 0.15) is 13.3 Å². The Morgan fingerprint density at radius 1 is 1.17 bits per heavy atom. The fraction of sp³-hybridized carbons (Fsp3) is 0.529. The van der Waals surface area contributed by atoms with Gasteiger partial charge in [-0.2, -0.15) is 0 Å². The first-order valence-corrected chi connectivity index (χ1v) is 7.92. The smallest absolute Gasteiger partial charge is 0.224 e. The van der Waals surface area contributed by atoms with Crippen molar-refractivity contribution in [1.82, 2.24) is 4.90 Å². The van der Waals surface area contributed by atoms with Crippen molar-refractivity contribution in [3.8, 4) is 11.5 Å². The second kappa shape index (κ2) is 8.54. The van der Waals surface area contributed by atoms with E-state index in [9.17, 15) is 9.59 Å². The molecule has 1 fully saturated rings. The Balaban J connectivity index is 2.06. The standard InChI is InChI=1S/C17H24N2O5/c1-13(20)19(7-6-17(21)18-8-10-24-11-9-18)14-4-5-15(22-2)16(12-14)23-3/h4-5,12H,6-11H2,1-3H3. The van der Waals surface area contributed by atoms with Crippen molar-refractivity contribution >= 4 is 17.5 Å². The van der Waals surface area contributed by atoms with Crippen LogP contribution in [-0.4, -0.2) is 63.8 Å². The van der Waals surface area contributed by atoms with Crippen LogP contribution in [0.25, 0.3) is 0 Å². The lowest BCUT2D eigenvalue weighted by Crippen LogP contribution is -2.42. The molecule has 0 radical (unpaired) electrons. The summed E-state index contributed by atoms with van der Waals surface area (Å²) in [5.41, 5.74) is 0.676. The van der Waals surface area contributed by atoms with E-state index in [4.69, 9.17) is 14.2 Å². The van der Waals surface area contributed by atoms with Gasteiger partial charge >= 0.3 is 0 Å². The van der Waals surface area contributed by atoms with Gasteiger partial charge in [0.25, 0.3) is 0 Å². The van der Waals surface area contributed by atoms with E-state index in [1.54, 1.807) is 42.2 Å². The molecule has 0 unspecified atom stereocenters. The molecule has 132 valence electrons. The highest BCUT2D eigenvalue weighted by molar-refractivity contribution is 5.92. The summed E-state index contributed by atoms with van der Waals surface area (Å²) in [5, 5.41) is 0. The molecule has 24 heavy (non-hydrogen) atoms. The van der Waals surface area contributed by atoms with E-state index < -0.39 is 0 Å². The highest BCUT2D eigenvalue weighted by atomic mass is 16.5. The predicted octanol–water partition coefficient (Wildman–Crippen LogP) is 1.31. The predicted molar refractivity (Wildman–Crippen MR) is 89.6 cm³/mol. The topological polar surface area (TPSA) is 68.3 Å². The number of nitrogens with zero attached hydrogens (tertiary/aromatic N) is 2. The van der Waals surface area contributed by atoms with Gasteiger partial charge in [-0.15, -0.1) is 0 Å². The van der Waals surface area contributed by atoms with Crippen LogP contribution in [0.3, 0.4) is 0 Å². The average molecular weight is 336 g/mol. The van der Waals surface area contributed by atoms with Crippen molar-refractivity contribution in [2.24, 2.45) is 0 Å². The lowest BCUT2D eigenvalue weighted by Gasteiger charge is -2.28. The van der Waals surface area contributed by atoms with Gasteiger partial charge in [-0.1, -0.05) is 0 Å². The second-order valence-electron chi connectivity index (χ2n) is 5.45. The summed E-state index contributed by atoms with van der Waals surface area (Å²) in [7, 11) is 3.10. The van der Waals surface area contributed by atoms with E-state index in [2.05, 4.69) is 0 Å². The SMILES string of the molecule is COc1ccc(N(CCC(=O)N2CCOCC2)C(C)=O)cc1OC. The normalized spacial score (nSPS) is 14.2. The van der Waals surface area contributed by atoms with Crippen molar-refractivity contribution in [2.75, 3.05) is 52.0 Å². The van der Waals surface area contributed by atoms with Gasteiger partial charge in [0.2, 0.25) is 11.8 Å². The van der Waals surface area contributed by atoms with Gasteiger partial charge in [-0.3, -0.25) is 9.59 Å². The molecule has 7 heteroatoms. The Morgan fingerprint density at radius 3 is 2.42 bits per heavy atom. The summed E-state index contributed by atoms with van der Waals surface area (Å²) < 4.78 is 15.7. The number of carbonyl (C=O) groups excluding carboxylic acids is 2. The molecule has 0 spiro atoms. The number of morpholine rings is 1. The largest absolute Gasteiger partial charge is 0.493 e. The number of anilines is 1. The minimum absolute atomic E-state index is 0.0324. The average Bonchev–Trinajstić information content (AvgIpc) is 2.61. The number of hydrogen-bond acceptors (Lipinski definition) is 5. The number of methoxy groups -OCH3 is 2. The summed E-state index contributed by atoms with van der Waals surface area (Å²) in [5.74, 6) is 1.04. The molecule has 1 aliphatic heterocycles. The molecular weight excluding hydrogens is 312 g/mol. The molecule has 2 rings (SSSR count). The maximum Gasteiger partial charge on any atom is 0.224 e. The molecule has 1 aliphatic rings. The molecule has 1 saturated heterocycles. The molecule has 1 aromatic rings. The van der Waals surface area contributed by atoms with E-state index in [1.165, 1.54) is 6.92 Å². The third kappa shape index (κ3) is 4.38. The zero-order chi connectivity index (χ0) is 17.5. The first kappa shape index (κ1) is 18.1. The van der Waals surface area contributed by atoms with Gasteiger partial charge in [0.15, 0.2) is 11.5 Å². The highest BCUT2D eigenvalue weighted by Crippen LogP contribution is 2.31. The quantitative estimate of drug-likeness (QED) is 0.783. The van der Waals surface area contributed by atoms with Gasteiger partial charge in [0, 0.05) is 44.7 Å². The molecule has 0 N–H and O–H groups in total. The van der Waals surface area contributed by atoms with E-state index in [1.807, 2.05) is 0 Å². The molecule has 0 saturated carbocycles. The number of ether oxygens (including phenoxy) is 3. The van der Waals surface area contributed by atoms with Crippen LogP contribution < -0.4 is 14.4 Å². The zero-order valence-corrected chi connectivity index (χ0v) is 14.4. The van der Waals surface area contributed by atoms with E-state index in [0.29, 0.717) is 50.0 Å². The number of hydrogen-bond donors (Lipinski definition) is 0. The van der Waals surface area contributed by atoms with Crippen LogP contribution in [0.15, 0.2) is 18.2 Å². The van der Waals surface area contributed by atoms with Crippen LogP contribution >= 0.6 is 0 Å². The van der Waals surface area contributed by atoms with Crippen molar-refractivity contribution in [3.63, 3.8) is 0 Å². The second-order valence-corrected chi connectivity index (χ2v) is 5.45. The van der Waals surface area contributed by atoms with E-state index >= 15 is 0 Å². The van der Waals surface area contributed by atoms with Crippen molar-refractivity contribution in [2.45, 2.75) is 13.3 Å². The Bertz CT molecular complexity index is 584. The molecule has 2 amide bonds. The molecule has 1 aromatic carbocycles. The van der Waals surface area contributed by atoms with Crippen LogP contribution in [0, 0.1) is 0 Å². The molecule has 0 aliphatic carbocycles. The van der Waals surface area contributed by atoms with Crippen molar-refractivity contribution < 1.29 is 23.8 Å². The van der Waals surface area contributed by atoms with Crippen molar-refractivity contribution in [3.05, 3.63) is 18.2 Å². The Labute approximate surface area is 142 Å². The summed E-state index contributed by atoms with van der Waals surface area (Å²) in [6.07, 6.45) is 0.272. The van der Waals surface area contributed by atoms with Gasteiger partial charge in [-0.25, -0.2) is 0 Å².